The molecule has 2 aromatic rings. The van der Waals surface area contributed by atoms with Crippen LogP contribution >= 0.6 is 0 Å². The third-order valence-corrected chi connectivity index (χ3v) is 3.10. The van der Waals surface area contributed by atoms with Crippen LogP contribution in [-0.2, 0) is 17.8 Å². The maximum Gasteiger partial charge on any atom is 0.117 e. The second-order valence-corrected chi connectivity index (χ2v) is 6.41. The van der Waals surface area contributed by atoms with Crippen molar-refractivity contribution >= 4 is 0 Å². The summed E-state index contributed by atoms with van der Waals surface area (Å²) in [6, 6.07) is 7.57. The molecule has 0 saturated carbocycles. The average molecular weight is 307 g/mol. The summed E-state index contributed by atoms with van der Waals surface area (Å²) in [5.74, 6) is 1.71. The zero-order valence-electron chi connectivity index (χ0n) is 13.5. The van der Waals surface area contributed by atoms with E-state index in [1.165, 1.54) is 0 Å². The summed E-state index contributed by atoms with van der Waals surface area (Å²) in [5, 5.41) is 10.2. The lowest BCUT2D eigenvalue weighted by Gasteiger charge is -2.26. The Bertz CT molecular complexity index is 477. The van der Waals surface area contributed by atoms with Crippen LogP contribution in [0.4, 0.5) is 0 Å². The van der Waals surface area contributed by atoms with Gasteiger partial charge in [0.2, 0.25) is 0 Å². The van der Waals surface area contributed by atoms with Crippen LogP contribution in [0, 0.1) is 0 Å². The molecule has 0 saturated heterocycles. The van der Waals surface area contributed by atoms with Crippen LogP contribution in [0.25, 0.3) is 0 Å². The van der Waals surface area contributed by atoms with Crippen molar-refractivity contribution in [1.29, 1.82) is 0 Å². The van der Waals surface area contributed by atoms with Crippen molar-refractivity contribution < 1.29 is 18.7 Å². The number of rotatable bonds is 8. The third kappa shape index (κ3) is 6.05. The molecule has 5 nitrogen and oxygen atoms in total. The molecule has 122 valence electrons. The van der Waals surface area contributed by atoms with E-state index in [0.29, 0.717) is 26.2 Å². The largest absolute Gasteiger partial charge is 0.468 e. The molecule has 0 fully saturated rings. The lowest BCUT2D eigenvalue weighted by atomic mass is 10.2. The molecule has 1 unspecified atom stereocenters. The Morgan fingerprint density at radius 3 is 2.05 bits per heavy atom. The summed E-state index contributed by atoms with van der Waals surface area (Å²) in [6.45, 7) is 7.93. The van der Waals surface area contributed by atoms with E-state index >= 15 is 0 Å². The number of nitrogens with zero attached hydrogens (tertiary/aromatic N) is 1. The Labute approximate surface area is 131 Å². The highest BCUT2D eigenvalue weighted by Crippen LogP contribution is 2.13. The predicted octanol–water partition coefficient (Wildman–Crippen LogP) is 3.05. The van der Waals surface area contributed by atoms with E-state index in [9.17, 15) is 5.11 Å². The first-order valence-corrected chi connectivity index (χ1v) is 7.51. The molecule has 0 aliphatic carbocycles. The highest BCUT2D eigenvalue weighted by Gasteiger charge is 2.18. The van der Waals surface area contributed by atoms with E-state index in [-0.39, 0.29) is 5.60 Å². The maximum absolute atomic E-state index is 10.2. The van der Waals surface area contributed by atoms with E-state index in [2.05, 4.69) is 4.90 Å². The standard InChI is InChI=1S/C17H25NO4/c1-17(2,3)22-13-14(19)10-18(11-15-6-4-8-20-15)12-16-7-5-9-21-16/h4-9,14,19H,10-13H2,1-3H3. The van der Waals surface area contributed by atoms with Gasteiger partial charge in [0.1, 0.15) is 11.5 Å². The van der Waals surface area contributed by atoms with Crippen molar-refractivity contribution in [3.8, 4) is 0 Å². The predicted molar refractivity (Wildman–Crippen MR) is 83.2 cm³/mol. The maximum atomic E-state index is 10.2. The van der Waals surface area contributed by atoms with Crippen LogP contribution in [0.3, 0.4) is 0 Å². The van der Waals surface area contributed by atoms with Gasteiger partial charge in [-0.25, -0.2) is 0 Å². The average Bonchev–Trinajstić information content (AvgIpc) is 3.09. The molecule has 0 bridgehead atoms. The number of aliphatic hydroxyl groups excluding tert-OH is 1. The van der Waals surface area contributed by atoms with Crippen molar-refractivity contribution in [3.05, 3.63) is 48.3 Å². The molecule has 0 spiro atoms. The smallest absolute Gasteiger partial charge is 0.117 e. The van der Waals surface area contributed by atoms with E-state index in [1.807, 2.05) is 45.0 Å². The van der Waals surface area contributed by atoms with Crippen molar-refractivity contribution in [2.75, 3.05) is 13.2 Å². The highest BCUT2D eigenvalue weighted by atomic mass is 16.5. The first kappa shape index (κ1) is 16.8. The van der Waals surface area contributed by atoms with Crippen molar-refractivity contribution in [3.63, 3.8) is 0 Å². The van der Waals surface area contributed by atoms with Gasteiger partial charge in [-0.3, -0.25) is 4.90 Å². The van der Waals surface area contributed by atoms with Crippen molar-refractivity contribution in [2.24, 2.45) is 0 Å². The van der Waals surface area contributed by atoms with Crippen LogP contribution in [0.2, 0.25) is 0 Å². The summed E-state index contributed by atoms with van der Waals surface area (Å²) >= 11 is 0. The van der Waals surface area contributed by atoms with E-state index in [4.69, 9.17) is 13.6 Å². The lowest BCUT2D eigenvalue weighted by Crippen LogP contribution is -2.36. The highest BCUT2D eigenvalue weighted by molar-refractivity contribution is 5.01. The van der Waals surface area contributed by atoms with Gasteiger partial charge in [0.25, 0.3) is 0 Å². The normalized spacial score (nSPS) is 13.7. The molecule has 0 amide bonds. The quantitative estimate of drug-likeness (QED) is 0.812. The zero-order valence-corrected chi connectivity index (χ0v) is 13.5. The van der Waals surface area contributed by atoms with E-state index in [0.717, 1.165) is 11.5 Å². The molecule has 0 aromatic carbocycles. The number of ether oxygens (including phenoxy) is 1. The molecule has 0 radical (unpaired) electrons. The number of hydrogen-bond donors (Lipinski definition) is 1. The summed E-state index contributed by atoms with van der Waals surface area (Å²) in [6.07, 6.45) is 2.74. The monoisotopic (exact) mass is 307 g/mol. The minimum Gasteiger partial charge on any atom is -0.468 e. The molecule has 0 aliphatic heterocycles. The minimum absolute atomic E-state index is 0.256. The summed E-state index contributed by atoms with van der Waals surface area (Å²) < 4.78 is 16.4. The van der Waals surface area contributed by atoms with Gasteiger partial charge >= 0.3 is 0 Å². The van der Waals surface area contributed by atoms with Gasteiger partial charge in [0, 0.05) is 6.54 Å². The van der Waals surface area contributed by atoms with Gasteiger partial charge in [-0.2, -0.15) is 0 Å². The molecule has 0 aliphatic rings. The fraction of sp³-hybridized carbons (Fsp3) is 0.529. The van der Waals surface area contributed by atoms with Crippen molar-refractivity contribution in [2.45, 2.75) is 45.6 Å². The zero-order chi connectivity index (χ0) is 16.0. The molecule has 1 atom stereocenters. The van der Waals surface area contributed by atoms with Crippen LogP contribution < -0.4 is 0 Å². The molecule has 1 N–H and O–H groups in total. The van der Waals surface area contributed by atoms with E-state index < -0.39 is 6.10 Å². The van der Waals surface area contributed by atoms with Crippen LogP contribution in [0.1, 0.15) is 32.3 Å². The third-order valence-electron chi connectivity index (χ3n) is 3.10. The van der Waals surface area contributed by atoms with Crippen LogP contribution in [-0.4, -0.2) is 34.9 Å². The first-order chi connectivity index (χ1) is 10.4. The lowest BCUT2D eigenvalue weighted by molar-refractivity contribution is -0.0579. The van der Waals surface area contributed by atoms with Gasteiger partial charge in [-0.05, 0) is 45.0 Å². The van der Waals surface area contributed by atoms with Gasteiger partial charge in [0.05, 0.1) is 43.9 Å². The molecule has 22 heavy (non-hydrogen) atoms. The first-order valence-electron chi connectivity index (χ1n) is 7.51. The molecular weight excluding hydrogens is 282 g/mol. The Morgan fingerprint density at radius 1 is 1.09 bits per heavy atom. The molecule has 2 rings (SSSR count). The topological polar surface area (TPSA) is 59.0 Å². The number of aliphatic hydroxyl groups is 1. The summed E-state index contributed by atoms with van der Waals surface area (Å²) in [5.41, 5.74) is -0.256. The second kappa shape index (κ2) is 7.63. The number of furan rings is 2. The van der Waals surface area contributed by atoms with Gasteiger partial charge in [0.15, 0.2) is 0 Å². The molecular formula is C17H25NO4. The Kier molecular flexibility index (Phi) is 5.83. The van der Waals surface area contributed by atoms with Gasteiger partial charge in [-0.1, -0.05) is 0 Å². The number of hydrogen-bond acceptors (Lipinski definition) is 5. The Hall–Kier alpha value is -1.56. The Morgan fingerprint density at radius 2 is 1.64 bits per heavy atom. The van der Waals surface area contributed by atoms with Gasteiger partial charge in [-0.15, -0.1) is 0 Å². The van der Waals surface area contributed by atoms with Gasteiger partial charge < -0.3 is 18.7 Å². The molecule has 2 heterocycles. The molecule has 2 aromatic heterocycles. The van der Waals surface area contributed by atoms with Crippen molar-refractivity contribution in [1.82, 2.24) is 4.90 Å². The van der Waals surface area contributed by atoms with Crippen LogP contribution in [0.5, 0.6) is 0 Å². The Balaban J connectivity index is 1.91. The summed E-state index contributed by atoms with van der Waals surface area (Å²) in [7, 11) is 0. The summed E-state index contributed by atoms with van der Waals surface area (Å²) in [4.78, 5) is 2.08. The van der Waals surface area contributed by atoms with E-state index in [1.54, 1.807) is 12.5 Å². The fourth-order valence-electron chi connectivity index (χ4n) is 2.13. The minimum atomic E-state index is -0.566. The SMILES string of the molecule is CC(C)(C)OCC(O)CN(Cc1ccco1)Cc1ccco1. The molecule has 5 heteroatoms. The fourth-order valence-corrected chi connectivity index (χ4v) is 2.13. The second-order valence-electron chi connectivity index (χ2n) is 6.41. The van der Waals surface area contributed by atoms with Crippen LogP contribution in [0.15, 0.2) is 45.6 Å².